The Hall–Kier alpha value is -2.66. The molecule has 0 saturated heterocycles. The maximum Gasteiger partial charge on any atom is 0.366 e. The number of benzene rings is 1. The van der Waals surface area contributed by atoms with E-state index < -0.39 is 11.9 Å². The standard InChI is InChI=1S/C13H10N4O5S2/c1-17-5-21-12(20)9(10(17)18)15-16-13-14-7-3-2-6(11(19)22-23)4-8(7)24-13/h2-4,18,23H,5H2,1H3. The number of azo groups is 1. The number of hydrogen-bond donors (Lipinski definition) is 2. The van der Waals surface area contributed by atoms with Crippen molar-refractivity contribution in [2.24, 2.45) is 10.2 Å². The molecule has 0 bridgehead atoms. The van der Waals surface area contributed by atoms with Gasteiger partial charge in [-0.15, -0.1) is 10.2 Å². The van der Waals surface area contributed by atoms with Gasteiger partial charge in [0.15, 0.2) is 6.73 Å². The van der Waals surface area contributed by atoms with Crippen molar-refractivity contribution in [1.82, 2.24) is 9.88 Å². The van der Waals surface area contributed by atoms with Crippen molar-refractivity contribution in [3.63, 3.8) is 0 Å². The SMILES string of the molecule is CN1COC(=O)C(N=Nc2nc3ccc(C(=O)OS)cc3s2)=C1O. The van der Waals surface area contributed by atoms with Crippen LogP contribution in [-0.4, -0.2) is 40.7 Å². The molecule has 0 radical (unpaired) electrons. The molecule has 0 amide bonds. The Morgan fingerprint density at radius 1 is 1.50 bits per heavy atom. The van der Waals surface area contributed by atoms with E-state index in [1.807, 2.05) is 0 Å². The summed E-state index contributed by atoms with van der Waals surface area (Å²) in [5.74, 6) is -1.68. The summed E-state index contributed by atoms with van der Waals surface area (Å²) in [5.41, 5.74) is 0.621. The molecule has 1 aromatic carbocycles. The number of aliphatic hydroxyl groups is 1. The van der Waals surface area contributed by atoms with E-state index in [0.29, 0.717) is 15.8 Å². The van der Waals surface area contributed by atoms with E-state index >= 15 is 0 Å². The number of nitrogens with zero attached hydrogens (tertiary/aromatic N) is 4. The molecule has 1 N–H and O–H groups in total. The Bertz CT molecular complexity index is 892. The van der Waals surface area contributed by atoms with Crippen LogP contribution < -0.4 is 0 Å². The molecule has 124 valence electrons. The van der Waals surface area contributed by atoms with Gasteiger partial charge < -0.3 is 18.9 Å². The van der Waals surface area contributed by atoms with Gasteiger partial charge in [0.2, 0.25) is 16.7 Å². The van der Waals surface area contributed by atoms with Crippen LogP contribution in [0.15, 0.2) is 40.0 Å². The van der Waals surface area contributed by atoms with Gasteiger partial charge in [0.25, 0.3) is 0 Å². The molecule has 11 heteroatoms. The third kappa shape index (κ3) is 3.03. The summed E-state index contributed by atoms with van der Waals surface area (Å²) in [6.07, 6.45) is 0. The number of thiazole rings is 1. The van der Waals surface area contributed by atoms with Gasteiger partial charge in [0, 0.05) is 20.0 Å². The quantitative estimate of drug-likeness (QED) is 0.371. The second-order valence-corrected chi connectivity index (χ2v) is 5.88. The molecule has 9 nitrogen and oxygen atoms in total. The second-order valence-electron chi connectivity index (χ2n) is 4.69. The van der Waals surface area contributed by atoms with Crippen molar-refractivity contribution in [2.75, 3.05) is 13.8 Å². The Labute approximate surface area is 144 Å². The number of carbonyl (C=O) groups excluding carboxylic acids is 2. The molecule has 1 aliphatic rings. The third-order valence-electron chi connectivity index (χ3n) is 3.09. The summed E-state index contributed by atoms with van der Waals surface area (Å²) in [6.45, 7) is -0.0607. The van der Waals surface area contributed by atoms with Crippen molar-refractivity contribution < 1.29 is 23.6 Å². The molecule has 2 aromatic rings. The lowest BCUT2D eigenvalue weighted by Gasteiger charge is -2.22. The first kappa shape index (κ1) is 16.2. The highest BCUT2D eigenvalue weighted by Gasteiger charge is 2.26. The number of thiol groups is 1. The van der Waals surface area contributed by atoms with Gasteiger partial charge in [-0.05, 0) is 18.2 Å². The predicted octanol–water partition coefficient (Wildman–Crippen LogP) is 2.55. The molecule has 3 rings (SSSR count). The molecule has 0 fully saturated rings. The lowest BCUT2D eigenvalue weighted by molar-refractivity contribution is -0.147. The fourth-order valence-electron chi connectivity index (χ4n) is 1.87. The van der Waals surface area contributed by atoms with Gasteiger partial charge in [-0.3, -0.25) is 0 Å². The summed E-state index contributed by atoms with van der Waals surface area (Å²) in [6, 6.07) is 4.76. The molecule has 0 saturated carbocycles. The predicted molar refractivity (Wildman–Crippen MR) is 86.9 cm³/mol. The van der Waals surface area contributed by atoms with Gasteiger partial charge in [-0.2, -0.15) is 0 Å². The van der Waals surface area contributed by atoms with Crippen LogP contribution in [0.4, 0.5) is 5.13 Å². The highest BCUT2D eigenvalue weighted by atomic mass is 32.1. The van der Waals surface area contributed by atoms with E-state index in [4.69, 9.17) is 4.74 Å². The van der Waals surface area contributed by atoms with Crippen molar-refractivity contribution >= 4 is 51.5 Å². The van der Waals surface area contributed by atoms with Crippen LogP contribution in [0.25, 0.3) is 10.2 Å². The monoisotopic (exact) mass is 366 g/mol. The Morgan fingerprint density at radius 2 is 2.29 bits per heavy atom. The topological polar surface area (TPSA) is 114 Å². The number of ether oxygens (including phenoxy) is 1. The second kappa shape index (κ2) is 6.45. The fourth-order valence-corrected chi connectivity index (χ4v) is 2.80. The summed E-state index contributed by atoms with van der Waals surface area (Å²) < 4.78 is 9.86. The lowest BCUT2D eigenvalue weighted by atomic mass is 10.2. The average Bonchev–Trinajstić information content (AvgIpc) is 2.99. The first-order valence-electron chi connectivity index (χ1n) is 6.49. The molecule has 0 spiro atoms. The Kier molecular flexibility index (Phi) is 4.36. The van der Waals surface area contributed by atoms with Crippen LogP contribution in [-0.2, 0) is 13.7 Å². The number of hydrogen-bond acceptors (Lipinski definition) is 11. The van der Waals surface area contributed by atoms with Gasteiger partial charge in [0.05, 0.1) is 15.8 Å². The summed E-state index contributed by atoms with van der Waals surface area (Å²) >= 11 is 4.63. The van der Waals surface area contributed by atoms with Crippen molar-refractivity contribution in [2.45, 2.75) is 0 Å². The third-order valence-corrected chi connectivity index (χ3v) is 4.16. The van der Waals surface area contributed by atoms with Gasteiger partial charge >= 0.3 is 11.9 Å². The van der Waals surface area contributed by atoms with Crippen molar-refractivity contribution in [1.29, 1.82) is 0 Å². The highest BCUT2D eigenvalue weighted by Crippen LogP contribution is 2.30. The number of esters is 1. The summed E-state index contributed by atoms with van der Waals surface area (Å²) in [5, 5.41) is 17.6. The molecule has 2 heterocycles. The smallest absolute Gasteiger partial charge is 0.366 e. The maximum atomic E-state index is 11.6. The van der Waals surface area contributed by atoms with Crippen molar-refractivity contribution in [3.05, 3.63) is 35.3 Å². The van der Waals surface area contributed by atoms with Gasteiger partial charge in [-0.1, -0.05) is 11.3 Å². The van der Waals surface area contributed by atoms with E-state index in [-0.39, 0.29) is 23.4 Å². The minimum atomic E-state index is -0.769. The fraction of sp³-hybridized carbons (Fsp3) is 0.154. The minimum Gasteiger partial charge on any atom is -0.493 e. The molecule has 24 heavy (non-hydrogen) atoms. The molecule has 1 aliphatic heterocycles. The Morgan fingerprint density at radius 3 is 3.04 bits per heavy atom. The van der Waals surface area contributed by atoms with Crippen molar-refractivity contribution in [3.8, 4) is 0 Å². The number of rotatable bonds is 3. The normalized spacial score (nSPS) is 15.2. The summed E-state index contributed by atoms with van der Waals surface area (Å²) in [4.78, 5) is 28.6. The zero-order chi connectivity index (χ0) is 17.3. The molecule has 0 unspecified atom stereocenters. The average molecular weight is 366 g/mol. The van der Waals surface area contributed by atoms with E-state index in [1.54, 1.807) is 18.2 Å². The van der Waals surface area contributed by atoms with Crippen LogP contribution in [0.3, 0.4) is 0 Å². The van der Waals surface area contributed by atoms with Gasteiger partial charge in [0.1, 0.15) is 0 Å². The number of carbonyl (C=O) groups is 2. The van der Waals surface area contributed by atoms with E-state index in [0.717, 1.165) is 11.3 Å². The zero-order valence-corrected chi connectivity index (χ0v) is 13.9. The molecule has 1 aromatic heterocycles. The van der Waals surface area contributed by atoms with E-state index in [1.165, 1.54) is 11.9 Å². The molecular formula is C13H10N4O5S2. The van der Waals surface area contributed by atoms with Crippen LogP contribution in [0, 0.1) is 0 Å². The number of aromatic nitrogens is 1. The number of aliphatic hydroxyl groups excluding tert-OH is 1. The summed E-state index contributed by atoms with van der Waals surface area (Å²) in [7, 11) is 1.54. The Balaban J connectivity index is 1.91. The van der Waals surface area contributed by atoms with Gasteiger partial charge in [-0.25, -0.2) is 14.6 Å². The maximum absolute atomic E-state index is 11.6. The van der Waals surface area contributed by atoms with Crippen LogP contribution in [0.2, 0.25) is 0 Å². The highest BCUT2D eigenvalue weighted by molar-refractivity contribution is 7.75. The number of cyclic esters (lactones) is 1. The first-order valence-corrected chi connectivity index (χ1v) is 7.67. The first-order chi connectivity index (χ1) is 11.5. The van der Waals surface area contributed by atoms with Crippen LogP contribution >= 0.6 is 24.2 Å². The zero-order valence-electron chi connectivity index (χ0n) is 12.2. The van der Waals surface area contributed by atoms with E-state index in [2.05, 4.69) is 32.3 Å². The lowest BCUT2D eigenvalue weighted by Crippen LogP contribution is -2.31. The van der Waals surface area contributed by atoms with Crippen LogP contribution in [0.5, 0.6) is 0 Å². The largest absolute Gasteiger partial charge is 0.493 e. The minimum absolute atomic E-state index is 0.0607. The molecular weight excluding hydrogens is 356 g/mol. The number of fused-ring (bicyclic) bond motifs is 1. The molecule has 0 aliphatic carbocycles. The molecule has 0 atom stereocenters. The van der Waals surface area contributed by atoms with E-state index in [9.17, 15) is 14.7 Å². The van der Waals surface area contributed by atoms with Crippen LogP contribution in [0.1, 0.15) is 10.4 Å².